The molecule has 74 valence electrons. The van der Waals surface area contributed by atoms with Crippen molar-refractivity contribution < 1.29 is 0 Å². The molecular formula is C9H8N6. The smallest absolute Gasteiger partial charge is 0.217 e. The van der Waals surface area contributed by atoms with Crippen molar-refractivity contribution >= 4 is 0 Å². The third kappa shape index (κ3) is 1.67. The molecule has 2 rings (SSSR count). The van der Waals surface area contributed by atoms with Gasteiger partial charge in [0.25, 0.3) is 5.95 Å². The zero-order valence-electron chi connectivity index (χ0n) is 8.34. The molecule has 0 spiro atoms. The van der Waals surface area contributed by atoms with Gasteiger partial charge in [0.1, 0.15) is 6.07 Å². The lowest BCUT2D eigenvalue weighted by Crippen LogP contribution is -2.06. The van der Waals surface area contributed by atoms with Crippen LogP contribution in [0.3, 0.4) is 0 Å². The molecule has 0 saturated heterocycles. The van der Waals surface area contributed by atoms with Crippen molar-refractivity contribution in [3.05, 3.63) is 29.3 Å². The van der Waals surface area contributed by atoms with Crippen LogP contribution in [-0.4, -0.2) is 25.0 Å². The minimum Gasteiger partial charge on any atom is -0.217 e. The molecule has 0 aliphatic heterocycles. The Morgan fingerprint density at radius 3 is 2.67 bits per heavy atom. The number of hydrogen-bond donors (Lipinski definition) is 0. The molecule has 0 amide bonds. The summed E-state index contributed by atoms with van der Waals surface area (Å²) in [5.74, 6) is 0.375. The van der Waals surface area contributed by atoms with Gasteiger partial charge in [-0.25, -0.2) is 9.97 Å². The fourth-order valence-electron chi connectivity index (χ4n) is 1.10. The summed E-state index contributed by atoms with van der Waals surface area (Å²) >= 11 is 0. The number of nitriles is 1. The second-order valence-electron chi connectivity index (χ2n) is 3.06. The fraction of sp³-hybridized carbons (Fsp3) is 0.222. The van der Waals surface area contributed by atoms with E-state index in [0.717, 1.165) is 5.69 Å². The summed E-state index contributed by atoms with van der Waals surface area (Å²) in [7, 11) is 0. The average Bonchev–Trinajstić information content (AvgIpc) is 2.65. The van der Waals surface area contributed by atoms with E-state index in [1.165, 1.54) is 11.0 Å². The Morgan fingerprint density at radius 2 is 2.13 bits per heavy atom. The number of nitrogens with zero attached hydrogens (tertiary/aromatic N) is 6. The molecule has 15 heavy (non-hydrogen) atoms. The van der Waals surface area contributed by atoms with Crippen LogP contribution >= 0.6 is 0 Å². The highest BCUT2D eigenvalue weighted by molar-refractivity contribution is 5.31. The molecule has 0 N–H and O–H groups in total. The van der Waals surface area contributed by atoms with Gasteiger partial charge in [0.2, 0.25) is 0 Å². The number of aryl methyl sites for hydroxylation is 2. The van der Waals surface area contributed by atoms with E-state index in [4.69, 9.17) is 5.26 Å². The van der Waals surface area contributed by atoms with E-state index in [2.05, 4.69) is 20.2 Å². The van der Waals surface area contributed by atoms with Crippen LogP contribution < -0.4 is 0 Å². The van der Waals surface area contributed by atoms with Gasteiger partial charge in [-0.3, -0.25) is 0 Å². The second-order valence-corrected chi connectivity index (χ2v) is 3.06. The first kappa shape index (κ1) is 9.27. The van der Waals surface area contributed by atoms with Gasteiger partial charge < -0.3 is 0 Å². The van der Waals surface area contributed by atoms with Crippen molar-refractivity contribution in [3.63, 3.8) is 0 Å². The molecule has 0 saturated carbocycles. The molecule has 0 aliphatic rings. The summed E-state index contributed by atoms with van der Waals surface area (Å²) < 4.78 is 0. The highest BCUT2D eigenvalue weighted by Crippen LogP contribution is 2.04. The van der Waals surface area contributed by atoms with Crippen LogP contribution in [0.4, 0.5) is 0 Å². The van der Waals surface area contributed by atoms with Crippen LogP contribution in [0.1, 0.15) is 17.0 Å². The zero-order chi connectivity index (χ0) is 10.8. The van der Waals surface area contributed by atoms with E-state index in [9.17, 15) is 0 Å². The van der Waals surface area contributed by atoms with Gasteiger partial charge in [0, 0.05) is 0 Å². The topological polar surface area (TPSA) is 80.3 Å². The van der Waals surface area contributed by atoms with Crippen LogP contribution in [0.15, 0.2) is 12.4 Å². The minimum absolute atomic E-state index is 0.375. The minimum atomic E-state index is 0.375. The maximum atomic E-state index is 8.72. The molecule has 2 aromatic heterocycles. The molecule has 0 atom stereocenters. The monoisotopic (exact) mass is 200 g/mol. The Hall–Kier alpha value is -2.29. The van der Waals surface area contributed by atoms with Gasteiger partial charge in [-0.15, -0.1) is 4.80 Å². The summed E-state index contributed by atoms with van der Waals surface area (Å²) in [5, 5.41) is 16.8. The van der Waals surface area contributed by atoms with Gasteiger partial charge in [-0.2, -0.15) is 15.5 Å². The van der Waals surface area contributed by atoms with Gasteiger partial charge in [-0.05, 0) is 13.8 Å². The van der Waals surface area contributed by atoms with Crippen LogP contribution in [0.25, 0.3) is 5.95 Å². The Bertz CT molecular complexity index is 536. The normalized spacial score (nSPS) is 9.93. The van der Waals surface area contributed by atoms with Crippen LogP contribution in [0.5, 0.6) is 0 Å². The highest BCUT2D eigenvalue weighted by Gasteiger charge is 2.06. The summed E-state index contributed by atoms with van der Waals surface area (Å²) in [6.45, 7) is 3.58. The SMILES string of the molecule is Cc1cnn(-c2ncc(C#N)c(C)n2)n1. The first-order chi connectivity index (χ1) is 7.20. The molecule has 0 aliphatic carbocycles. The molecule has 2 aromatic rings. The Labute approximate surface area is 86.2 Å². The van der Waals surface area contributed by atoms with Crippen molar-refractivity contribution in [2.45, 2.75) is 13.8 Å². The Balaban J connectivity index is 2.48. The molecule has 0 aromatic carbocycles. The van der Waals surface area contributed by atoms with Crippen molar-refractivity contribution in [1.29, 1.82) is 5.26 Å². The summed E-state index contributed by atoms with van der Waals surface area (Å²) in [6, 6.07) is 2.00. The summed E-state index contributed by atoms with van der Waals surface area (Å²) in [4.78, 5) is 9.47. The standard InChI is InChI=1S/C9H8N6/c1-6-4-12-15(14-6)9-11-5-8(3-10)7(2)13-9/h4-5H,1-2H3. The third-order valence-electron chi connectivity index (χ3n) is 1.87. The molecule has 0 fully saturated rings. The van der Waals surface area contributed by atoms with Crippen LogP contribution in [0.2, 0.25) is 0 Å². The zero-order valence-corrected chi connectivity index (χ0v) is 8.34. The van der Waals surface area contributed by atoms with E-state index in [0.29, 0.717) is 17.2 Å². The molecule has 0 radical (unpaired) electrons. The van der Waals surface area contributed by atoms with E-state index in [-0.39, 0.29) is 0 Å². The fourth-order valence-corrected chi connectivity index (χ4v) is 1.10. The molecular weight excluding hydrogens is 192 g/mol. The van der Waals surface area contributed by atoms with Crippen molar-refractivity contribution in [1.82, 2.24) is 25.0 Å². The molecule has 6 nitrogen and oxygen atoms in total. The first-order valence-electron chi connectivity index (χ1n) is 4.34. The molecule has 0 bridgehead atoms. The summed E-state index contributed by atoms with van der Waals surface area (Å²) in [5.41, 5.74) is 1.88. The lowest BCUT2D eigenvalue weighted by Gasteiger charge is -1.99. The van der Waals surface area contributed by atoms with E-state index < -0.39 is 0 Å². The largest absolute Gasteiger partial charge is 0.268 e. The molecule has 6 heteroatoms. The first-order valence-corrected chi connectivity index (χ1v) is 4.34. The number of hydrogen-bond acceptors (Lipinski definition) is 5. The molecule has 2 heterocycles. The van der Waals surface area contributed by atoms with Gasteiger partial charge >= 0.3 is 0 Å². The van der Waals surface area contributed by atoms with Gasteiger partial charge in [-0.1, -0.05) is 0 Å². The Morgan fingerprint density at radius 1 is 1.33 bits per heavy atom. The van der Waals surface area contributed by atoms with Gasteiger partial charge in [0.05, 0.1) is 29.3 Å². The predicted octanol–water partition coefficient (Wildman–Crippen LogP) is 0.546. The van der Waals surface area contributed by atoms with E-state index >= 15 is 0 Å². The lowest BCUT2D eigenvalue weighted by atomic mass is 10.3. The predicted molar refractivity (Wildman–Crippen MR) is 51.1 cm³/mol. The van der Waals surface area contributed by atoms with Crippen molar-refractivity contribution in [2.24, 2.45) is 0 Å². The Kier molecular flexibility index (Phi) is 2.14. The number of rotatable bonds is 1. The highest BCUT2D eigenvalue weighted by atomic mass is 15.5. The maximum absolute atomic E-state index is 8.72. The quantitative estimate of drug-likeness (QED) is 0.671. The maximum Gasteiger partial charge on any atom is 0.268 e. The lowest BCUT2D eigenvalue weighted by molar-refractivity contribution is 0.694. The van der Waals surface area contributed by atoms with Crippen molar-refractivity contribution in [3.8, 4) is 12.0 Å². The van der Waals surface area contributed by atoms with Crippen LogP contribution in [-0.2, 0) is 0 Å². The molecule has 0 unspecified atom stereocenters. The van der Waals surface area contributed by atoms with Crippen molar-refractivity contribution in [2.75, 3.05) is 0 Å². The van der Waals surface area contributed by atoms with Crippen LogP contribution in [0, 0.1) is 25.2 Å². The third-order valence-corrected chi connectivity index (χ3v) is 1.87. The van der Waals surface area contributed by atoms with E-state index in [1.807, 2.05) is 13.0 Å². The van der Waals surface area contributed by atoms with E-state index in [1.54, 1.807) is 13.1 Å². The summed E-state index contributed by atoms with van der Waals surface area (Å²) in [6.07, 6.45) is 3.09. The number of aromatic nitrogens is 5. The average molecular weight is 200 g/mol. The van der Waals surface area contributed by atoms with Gasteiger partial charge in [0.15, 0.2) is 0 Å². The second kappa shape index (κ2) is 3.46.